The quantitative estimate of drug-likeness (QED) is 0.864. The molecule has 0 amide bonds. The fourth-order valence-electron chi connectivity index (χ4n) is 3.00. The van der Waals surface area contributed by atoms with Crippen LogP contribution in [0, 0.1) is 0 Å². The number of nitrogens with zero attached hydrogens (tertiary/aromatic N) is 3. The summed E-state index contributed by atoms with van der Waals surface area (Å²) in [6.45, 7) is 4.13. The van der Waals surface area contributed by atoms with Crippen molar-refractivity contribution >= 4 is 11.8 Å². The molecule has 0 radical (unpaired) electrons. The van der Waals surface area contributed by atoms with Crippen LogP contribution >= 0.6 is 11.8 Å². The van der Waals surface area contributed by atoms with Crippen LogP contribution < -0.4 is 5.32 Å². The molecule has 0 fully saturated rings. The van der Waals surface area contributed by atoms with E-state index >= 15 is 0 Å². The van der Waals surface area contributed by atoms with Crippen LogP contribution in [0.3, 0.4) is 0 Å². The molecule has 4 nitrogen and oxygen atoms in total. The van der Waals surface area contributed by atoms with E-state index in [2.05, 4.69) is 51.3 Å². The maximum absolute atomic E-state index is 4.49. The summed E-state index contributed by atoms with van der Waals surface area (Å²) in [5.41, 5.74) is 1.41. The zero-order chi connectivity index (χ0) is 12.8. The maximum atomic E-state index is 4.49. The van der Waals surface area contributed by atoms with Crippen LogP contribution in [-0.4, -0.2) is 27.1 Å². The van der Waals surface area contributed by atoms with Gasteiger partial charge in [-0.05, 0) is 18.6 Å². The normalized spacial score (nSPS) is 25.1. The van der Waals surface area contributed by atoms with E-state index in [-0.39, 0.29) is 0 Å². The molecule has 98 valence electrons. The summed E-state index contributed by atoms with van der Waals surface area (Å²) in [6.07, 6.45) is 0. The van der Waals surface area contributed by atoms with Crippen molar-refractivity contribution in [3.05, 3.63) is 41.5 Å². The first kappa shape index (κ1) is 11.5. The lowest BCUT2D eigenvalue weighted by Crippen LogP contribution is -2.33. The topological polar surface area (TPSA) is 42.7 Å². The number of aromatic nitrogens is 3. The van der Waals surface area contributed by atoms with E-state index in [9.17, 15) is 0 Å². The van der Waals surface area contributed by atoms with Gasteiger partial charge in [-0.2, -0.15) is 0 Å². The maximum Gasteiger partial charge on any atom is 0.149 e. The van der Waals surface area contributed by atoms with Gasteiger partial charge < -0.3 is 9.88 Å². The molecule has 2 aliphatic heterocycles. The van der Waals surface area contributed by atoms with E-state index in [0.717, 1.165) is 30.5 Å². The summed E-state index contributed by atoms with van der Waals surface area (Å²) in [5.74, 6) is 3.70. The zero-order valence-corrected chi connectivity index (χ0v) is 11.7. The second kappa shape index (κ2) is 4.35. The molecule has 0 bridgehead atoms. The van der Waals surface area contributed by atoms with Crippen molar-refractivity contribution in [3.63, 3.8) is 0 Å². The van der Waals surface area contributed by atoms with Gasteiger partial charge in [0.05, 0.1) is 12.0 Å². The smallest absolute Gasteiger partial charge is 0.149 e. The summed E-state index contributed by atoms with van der Waals surface area (Å²) >= 11 is 1.93. The van der Waals surface area contributed by atoms with Crippen LogP contribution in [0.15, 0.2) is 29.2 Å². The first-order valence-corrected chi connectivity index (χ1v) is 7.71. The fraction of sp³-hybridized carbons (Fsp3) is 0.429. The van der Waals surface area contributed by atoms with Crippen molar-refractivity contribution in [1.29, 1.82) is 0 Å². The van der Waals surface area contributed by atoms with Crippen molar-refractivity contribution in [3.8, 4) is 0 Å². The summed E-state index contributed by atoms with van der Waals surface area (Å²) in [5, 5.41) is 12.3. The van der Waals surface area contributed by atoms with Gasteiger partial charge in [-0.3, -0.25) is 0 Å². The van der Waals surface area contributed by atoms with Gasteiger partial charge in [-0.25, -0.2) is 0 Å². The van der Waals surface area contributed by atoms with E-state index < -0.39 is 0 Å². The summed E-state index contributed by atoms with van der Waals surface area (Å²) in [6, 6.07) is 8.97. The second-order valence-corrected chi connectivity index (χ2v) is 6.21. The van der Waals surface area contributed by atoms with E-state index in [1.807, 2.05) is 11.8 Å². The Kier molecular flexibility index (Phi) is 2.63. The molecule has 2 aromatic rings. The second-order valence-electron chi connectivity index (χ2n) is 5.15. The van der Waals surface area contributed by atoms with Crippen molar-refractivity contribution in [2.75, 3.05) is 12.3 Å². The molecule has 1 aromatic heterocycles. The molecule has 0 spiro atoms. The highest BCUT2D eigenvalue weighted by molar-refractivity contribution is 7.99. The largest absolute Gasteiger partial charge is 0.312 e. The number of thioether (sulfide) groups is 1. The third-order valence-electron chi connectivity index (χ3n) is 3.99. The number of nitrogens with one attached hydrogen (secondary N) is 1. The van der Waals surface area contributed by atoms with Gasteiger partial charge in [0, 0.05) is 23.7 Å². The highest BCUT2D eigenvalue weighted by Crippen LogP contribution is 2.42. The molecule has 2 unspecified atom stereocenters. The lowest BCUT2D eigenvalue weighted by molar-refractivity contribution is 0.428. The Morgan fingerprint density at radius 3 is 3.05 bits per heavy atom. The molecule has 0 saturated carbocycles. The molecular weight excluding hydrogens is 256 g/mol. The van der Waals surface area contributed by atoms with Crippen LogP contribution in [0.25, 0.3) is 0 Å². The average Bonchev–Trinajstić information content (AvgIpc) is 3.02. The Balaban J connectivity index is 1.79. The molecule has 3 heterocycles. The van der Waals surface area contributed by atoms with Gasteiger partial charge in [0.25, 0.3) is 0 Å². The predicted molar refractivity (Wildman–Crippen MR) is 75.4 cm³/mol. The van der Waals surface area contributed by atoms with Crippen molar-refractivity contribution in [2.24, 2.45) is 0 Å². The molecule has 2 atom stereocenters. The van der Waals surface area contributed by atoms with E-state index in [1.54, 1.807) is 0 Å². The minimum atomic E-state index is 0.305. The first-order chi connectivity index (χ1) is 9.34. The van der Waals surface area contributed by atoms with E-state index in [0.29, 0.717) is 12.0 Å². The van der Waals surface area contributed by atoms with E-state index in [4.69, 9.17) is 0 Å². The predicted octanol–water partition coefficient (Wildman–Crippen LogP) is 2.18. The highest BCUT2D eigenvalue weighted by atomic mass is 32.2. The molecule has 1 aromatic carbocycles. The number of rotatable bonds is 1. The molecule has 2 aliphatic rings. The first-order valence-electron chi connectivity index (χ1n) is 6.72. The van der Waals surface area contributed by atoms with Gasteiger partial charge in [0.1, 0.15) is 11.6 Å². The molecule has 5 heteroatoms. The van der Waals surface area contributed by atoms with Crippen LogP contribution in [0.5, 0.6) is 0 Å². The number of benzene rings is 1. The Labute approximate surface area is 116 Å². The van der Waals surface area contributed by atoms with Crippen molar-refractivity contribution in [2.45, 2.75) is 30.3 Å². The summed E-state index contributed by atoms with van der Waals surface area (Å²) in [7, 11) is 0. The summed E-state index contributed by atoms with van der Waals surface area (Å²) < 4.78 is 2.31. The molecule has 19 heavy (non-hydrogen) atoms. The van der Waals surface area contributed by atoms with Gasteiger partial charge in [-0.1, -0.05) is 18.2 Å². The molecule has 1 N–H and O–H groups in total. The Morgan fingerprint density at radius 1 is 1.26 bits per heavy atom. The van der Waals surface area contributed by atoms with Gasteiger partial charge >= 0.3 is 0 Å². The van der Waals surface area contributed by atoms with Gasteiger partial charge in [0.2, 0.25) is 0 Å². The van der Waals surface area contributed by atoms with Crippen molar-refractivity contribution in [1.82, 2.24) is 20.1 Å². The third-order valence-corrected chi connectivity index (χ3v) is 5.18. The summed E-state index contributed by atoms with van der Waals surface area (Å²) in [4.78, 5) is 1.40. The monoisotopic (exact) mass is 272 g/mol. The average molecular weight is 272 g/mol. The molecular formula is C14H16N4S. The highest BCUT2D eigenvalue weighted by Gasteiger charge is 2.31. The molecule has 4 rings (SSSR count). The fourth-order valence-corrected chi connectivity index (χ4v) is 4.22. The Hall–Kier alpha value is -1.33. The third kappa shape index (κ3) is 1.72. The number of hydrogen-bond donors (Lipinski definition) is 1. The Morgan fingerprint density at radius 2 is 2.11 bits per heavy atom. The number of hydrogen-bond acceptors (Lipinski definition) is 4. The van der Waals surface area contributed by atoms with Crippen LogP contribution in [0.1, 0.15) is 36.1 Å². The lowest BCUT2D eigenvalue weighted by Gasteiger charge is -2.23. The minimum Gasteiger partial charge on any atom is -0.312 e. The molecule has 0 aliphatic carbocycles. The van der Waals surface area contributed by atoms with E-state index in [1.165, 1.54) is 10.5 Å². The Bertz CT molecular complexity index is 622. The van der Waals surface area contributed by atoms with Crippen molar-refractivity contribution < 1.29 is 0 Å². The van der Waals surface area contributed by atoms with Crippen LogP contribution in [0.4, 0.5) is 0 Å². The SMILES string of the molecule is CC1NCCn2c1nnc2C1CSc2ccccc21. The minimum absolute atomic E-state index is 0.305. The van der Waals surface area contributed by atoms with Gasteiger partial charge in [-0.15, -0.1) is 22.0 Å². The standard InChI is InChI=1S/C14H16N4S/c1-9-13-16-17-14(18(13)7-6-15-9)11-8-19-12-5-3-2-4-10(11)12/h2-5,9,11,15H,6-8H2,1H3. The van der Waals surface area contributed by atoms with Gasteiger partial charge in [0.15, 0.2) is 0 Å². The molecule has 0 saturated heterocycles. The lowest BCUT2D eigenvalue weighted by atomic mass is 10.0. The number of fused-ring (bicyclic) bond motifs is 2. The zero-order valence-electron chi connectivity index (χ0n) is 10.8. The van der Waals surface area contributed by atoms with Crippen LogP contribution in [0.2, 0.25) is 0 Å². The van der Waals surface area contributed by atoms with Crippen LogP contribution in [-0.2, 0) is 6.54 Å².